The third-order valence-electron chi connectivity index (χ3n) is 7.78. The molecule has 6 rings (SSSR count). The Bertz CT molecular complexity index is 1300. The van der Waals surface area contributed by atoms with E-state index in [2.05, 4.69) is 43.3 Å². The Morgan fingerprint density at radius 1 is 0.868 bits per heavy atom. The molecule has 0 aliphatic carbocycles. The van der Waals surface area contributed by atoms with Crippen LogP contribution in [0, 0.1) is 0 Å². The Morgan fingerprint density at radius 2 is 1.58 bits per heavy atom. The van der Waals surface area contributed by atoms with E-state index in [0.717, 1.165) is 55.2 Å². The SMILES string of the molecule is O=C1CCC(N2Cc3c(CN4CCN(C(c5ccccn5)c5ccccn5)CC4)cccc3C2=O)C(=O)N1. The minimum atomic E-state index is -0.598. The highest BCUT2D eigenvalue weighted by molar-refractivity contribution is 6.05. The maximum absolute atomic E-state index is 13.2. The Morgan fingerprint density at radius 3 is 2.21 bits per heavy atom. The van der Waals surface area contributed by atoms with Crippen molar-refractivity contribution in [2.24, 2.45) is 0 Å². The number of rotatable bonds is 6. The van der Waals surface area contributed by atoms with Crippen LogP contribution < -0.4 is 5.32 Å². The van der Waals surface area contributed by atoms with Crippen molar-refractivity contribution in [3.05, 3.63) is 95.1 Å². The van der Waals surface area contributed by atoms with Crippen LogP contribution in [0.3, 0.4) is 0 Å². The van der Waals surface area contributed by atoms with E-state index in [1.54, 1.807) is 4.90 Å². The first-order valence-corrected chi connectivity index (χ1v) is 13.1. The number of hydrogen-bond acceptors (Lipinski definition) is 7. The number of imide groups is 1. The van der Waals surface area contributed by atoms with Gasteiger partial charge in [-0.05, 0) is 47.9 Å². The van der Waals surface area contributed by atoms with E-state index in [-0.39, 0.29) is 30.2 Å². The van der Waals surface area contributed by atoms with Crippen LogP contribution in [0.15, 0.2) is 67.0 Å². The second-order valence-electron chi connectivity index (χ2n) is 10.1. The quantitative estimate of drug-likeness (QED) is 0.508. The number of piperazine rings is 1. The van der Waals surface area contributed by atoms with Gasteiger partial charge in [-0.2, -0.15) is 0 Å². The van der Waals surface area contributed by atoms with Crippen molar-refractivity contribution in [3.8, 4) is 0 Å². The minimum Gasteiger partial charge on any atom is -0.322 e. The molecule has 0 saturated carbocycles. The molecule has 9 heteroatoms. The number of pyridine rings is 2. The van der Waals surface area contributed by atoms with E-state index >= 15 is 0 Å². The fourth-order valence-corrected chi connectivity index (χ4v) is 5.82. The highest BCUT2D eigenvalue weighted by Crippen LogP contribution is 2.31. The lowest BCUT2D eigenvalue weighted by Crippen LogP contribution is -2.52. The van der Waals surface area contributed by atoms with Gasteiger partial charge in [0.25, 0.3) is 5.91 Å². The Balaban J connectivity index is 1.15. The Kier molecular flexibility index (Phi) is 6.70. The van der Waals surface area contributed by atoms with Crippen LogP contribution in [0.25, 0.3) is 0 Å². The monoisotopic (exact) mass is 510 g/mol. The van der Waals surface area contributed by atoms with Gasteiger partial charge in [-0.15, -0.1) is 0 Å². The molecule has 1 atom stereocenters. The van der Waals surface area contributed by atoms with Gasteiger partial charge in [0.15, 0.2) is 0 Å². The summed E-state index contributed by atoms with van der Waals surface area (Å²) >= 11 is 0. The average molecular weight is 511 g/mol. The zero-order valence-electron chi connectivity index (χ0n) is 21.1. The fraction of sp³-hybridized carbons (Fsp3) is 0.345. The zero-order valence-corrected chi connectivity index (χ0v) is 21.1. The molecule has 3 aliphatic heterocycles. The Labute approximate surface area is 221 Å². The molecule has 2 fully saturated rings. The number of benzene rings is 1. The van der Waals surface area contributed by atoms with Crippen LogP contribution in [0.5, 0.6) is 0 Å². The molecule has 0 spiro atoms. The van der Waals surface area contributed by atoms with Crippen molar-refractivity contribution in [2.75, 3.05) is 26.2 Å². The molecule has 0 radical (unpaired) electrons. The van der Waals surface area contributed by atoms with Crippen LogP contribution in [0.1, 0.15) is 51.8 Å². The van der Waals surface area contributed by atoms with E-state index in [4.69, 9.17) is 0 Å². The molecule has 194 valence electrons. The third kappa shape index (κ3) is 4.70. The lowest BCUT2D eigenvalue weighted by atomic mass is 10.0. The number of carbonyl (C=O) groups excluding carboxylic acids is 3. The average Bonchev–Trinajstić information content (AvgIpc) is 3.28. The largest absolute Gasteiger partial charge is 0.322 e. The second kappa shape index (κ2) is 10.4. The molecule has 3 aliphatic rings. The van der Waals surface area contributed by atoms with Gasteiger partial charge in [0.2, 0.25) is 11.8 Å². The number of carbonyl (C=O) groups is 3. The minimum absolute atomic E-state index is 0.000207. The molecule has 1 N–H and O–H groups in total. The summed E-state index contributed by atoms with van der Waals surface area (Å²) in [4.78, 5) is 53.0. The van der Waals surface area contributed by atoms with E-state index < -0.39 is 6.04 Å². The molecule has 3 aromatic rings. The topological polar surface area (TPSA) is 98.7 Å². The standard InChI is InChI=1S/C29H30N6O3/c36-26-11-10-25(28(37)32-26)35-19-22-20(6-5-7-21(22)29(35)38)18-33-14-16-34(17-15-33)27(23-8-1-3-12-30-23)24-9-2-4-13-31-24/h1-9,12-13,25,27H,10-11,14-19H2,(H,32,36,37). The number of nitrogens with one attached hydrogen (secondary N) is 1. The highest BCUT2D eigenvalue weighted by atomic mass is 16.2. The number of fused-ring (bicyclic) bond motifs is 1. The number of aromatic nitrogens is 2. The summed E-state index contributed by atoms with van der Waals surface area (Å²) in [5, 5.41) is 2.38. The van der Waals surface area contributed by atoms with E-state index in [9.17, 15) is 14.4 Å². The normalized spacial score (nSPS) is 20.6. The van der Waals surface area contributed by atoms with Crippen molar-refractivity contribution in [1.82, 2.24) is 30.0 Å². The number of nitrogens with zero attached hydrogens (tertiary/aromatic N) is 5. The van der Waals surface area contributed by atoms with E-state index in [1.807, 2.05) is 48.8 Å². The number of piperidine rings is 1. The van der Waals surface area contributed by atoms with Crippen molar-refractivity contribution in [2.45, 2.75) is 38.0 Å². The third-order valence-corrected chi connectivity index (χ3v) is 7.78. The van der Waals surface area contributed by atoms with Crippen molar-refractivity contribution in [3.63, 3.8) is 0 Å². The molecule has 2 saturated heterocycles. The predicted octanol–water partition coefficient (Wildman–Crippen LogP) is 2.14. The summed E-state index contributed by atoms with van der Waals surface area (Å²) in [6, 6.07) is 17.3. The number of amides is 3. The first-order chi connectivity index (χ1) is 18.6. The summed E-state index contributed by atoms with van der Waals surface area (Å²) in [6.45, 7) is 4.64. The molecular formula is C29H30N6O3. The van der Waals surface area contributed by atoms with Crippen LogP contribution in [-0.2, 0) is 22.7 Å². The number of hydrogen-bond donors (Lipinski definition) is 1. The molecule has 3 amide bonds. The van der Waals surface area contributed by atoms with Crippen molar-refractivity contribution >= 4 is 17.7 Å². The van der Waals surface area contributed by atoms with Gasteiger partial charge in [0.05, 0.1) is 17.4 Å². The van der Waals surface area contributed by atoms with Gasteiger partial charge < -0.3 is 4.90 Å². The summed E-state index contributed by atoms with van der Waals surface area (Å²) in [6.07, 6.45) is 4.29. The lowest BCUT2D eigenvalue weighted by molar-refractivity contribution is -0.136. The van der Waals surface area contributed by atoms with Crippen LogP contribution in [0.2, 0.25) is 0 Å². The van der Waals surface area contributed by atoms with Crippen LogP contribution in [-0.4, -0.2) is 74.6 Å². The van der Waals surface area contributed by atoms with E-state index in [1.165, 1.54) is 0 Å². The molecule has 38 heavy (non-hydrogen) atoms. The summed E-state index contributed by atoms with van der Waals surface area (Å²) in [5.74, 6) is -0.784. The molecule has 1 unspecified atom stereocenters. The van der Waals surface area contributed by atoms with Gasteiger partial charge in [0, 0.05) is 63.6 Å². The zero-order chi connectivity index (χ0) is 26.1. The van der Waals surface area contributed by atoms with Crippen LogP contribution >= 0.6 is 0 Å². The first kappa shape index (κ1) is 24.4. The molecule has 9 nitrogen and oxygen atoms in total. The van der Waals surface area contributed by atoms with Gasteiger partial charge in [-0.3, -0.25) is 39.5 Å². The highest BCUT2D eigenvalue weighted by Gasteiger charge is 2.40. The summed E-state index contributed by atoms with van der Waals surface area (Å²) in [7, 11) is 0. The Hall–Kier alpha value is -3.95. The maximum Gasteiger partial charge on any atom is 0.255 e. The van der Waals surface area contributed by atoms with Gasteiger partial charge >= 0.3 is 0 Å². The van der Waals surface area contributed by atoms with Crippen molar-refractivity contribution < 1.29 is 14.4 Å². The van der Waals surface area contributed by atoms with Gasteiger partial charge in [-0.25, -0.2) is 0 Å². The molecule has 2 aromatic heterocycles. The molecular weight excluding hydrogens is 480 g/mol. The predicted molar refractivity (Wildman–Crippen MR) is 140 cm³/mol. The lowest BCUT2D eigenvalue weighted by Gasteiger charge is -2.39. The van der Waals surface area contributed by atoms with Gasteiger partial charge in [0.1, 0.15) is 6.04 Å². The maximum atomic E-state index is 13.2. The van der Waals surface area contributed by atoms with Crippen molar-refractivity contribution in [1.29, 1.82) is 0 Å². The molecule has 5 heterocycles. The summed E-state index contributed by atoms with van der Waals surface area (Å²) < 4.78 is 0. The second-order valence-corrected chi connectivity index (χ2v) is 10.1. The fourth-order valence-electron chi connectivity index (χ4n) is 5.82. The molecule has 0 bridgehead atoms. The van der Waals surface area contributed by atoms with Gasteiger partial charge in [-0.1, -0.05) is 24.3 Å². The summed E-state index contributed by atoms with van der Waals surface area (Å²) in [5.41, 5.74) is 4.76. The van der Waals surface area contributed by atoms with Crippen LogP contribution in [0.4, 0.5) is 0 Å². The first-order valence-electron chi connectivity index (χ1n) is 13.1. The molecule has 1 aromatic carbocycles. The smallest absolute Gasteiger partial charge is 0.255 e. The van der Waals surface area contributed by atoms with E-state index in [0.29, 0.717) is 18.5 Å².